The Hall–Kier alpha value is -2.13. The van der Waals surface area contributed by atoms with E-state index in [0.717, 1.165) is 11.1 Å². The molecule has 2 amide bonds. The van der Waals surface area contributed by atoms with Crippen LogP contribution in [0.4, 0.5) is 5.69 Å². The number of carbonyl (C=O) groups excluding carboxylic acids is 2. The molecule has 1 aliphatic heterocycles. The quantitative estimate of drug-likeness (QED) is 0.779. The SMILES string of the molecule is Cc1ccc(C[C@@H]2C(=O)N(c3cccc(Cl)c3C)C(=O)[C@@H]2C)cc1. The van der Waals surface area contributed by atoms with Crippen LogP contribution in [0.25, 0.3) is 0 Å². The highest BCUT2D eigenvalue weighted by molar-refractivity contribution is 6.32. The van der Waals surface area contributed by atoms with Gasteiger partial charge in [0.2, 0.25) is 11.8 Å². The molecule has 0 N–H and O–H groups in total. The van der Waals surface area contributed by atoms with E-state index < -0.39 is 0 Å². The number of imide groups is 1. The fourth-order valence-electron chi connectivity index (χ4n) is 3.18. The summed E-state index contributed by atoms with van der Waals surface area (Å²) in [5.41, 5.74) is 3.60. The zero-order valence-electron chi connectivity index (χ0n) is 14.0. The zero-order valence-corrected chi connectivity index (χ0v) is 14.8. The van der Waals surface area contributed by atoms with Crippen LogP contribution < -0.4 is 4.90 Å². The van der Waals surface area contributed by atoms with Gasteiger partial charge in [0, 0.05) is 10.9 Å². The molecule has 0 saturated carbocycles. The molecule has 3 rings (SSSR count). The van der Waals surface area contributed by atoms with Gasteiger partial charge in [-0.3, -0.25) is 9.59 Å². The van der Waals surface area contributed by atoms with E-state index in [1.165, 1.54) is 10.5 Å². The van der Waals surface area contributed by atoms with Gasteiger partial charge in [0.1, 0.15) is 0 Å². The fraction of sp³-hybridized carbons (Fsp3) is 0.300. The van der Waals surface area contributed by atoms with Crippen LogP contribution in [0.3, 0.4) is 0 Å². The van der Waals surface area contributed by atoms with Crippen LogP contribution in [-0.4, -0.2) is 11.8 Å². The predicted octanol–water partition coefficient (Wildman–Crippen LogP) is 4.33. The molecule has 124 valence electrons. The Morgan fingerprint density at radius 2 is 1.67 bits per heavy atom. The number of anilines is 1. The first-order chi connectivity index (χ1) is 11.4. The molecule has 1 aliphatic rings. The van der Waals surface area contributed by atoms with E-state index in [1.807, 2.05) is 45.0 Å². The van der Waals surface area contributed by atoms with Crippen molar-refractivity contribution in [1.82, 2.24) is 0 Å². The van der Waals surface area contributed by atoms with Crippen LogP contribution in [0, 0.1) is 25.7 Å². The Morgan fingerprint density at radius 1 is 1.00 bits per heavy atom. The first-order valence-electron chi connectivity index (χ1n) is 8.08. The number of amides is 2. The molecule has 1 saturated heterocycles. The normalized spacial score (nSPS) is 20.8. The maximum absolute atomic E-state index is 12.9. The van der Waals surface area contributed by atoms with Crippen molar-refractivity contribution < 1.29 is 9.59 Å². The number of rotatable bonds is 3. The smallest absolute Gasteiger partial charge is 0.238 e. The van der Waals surface area contributed by atoms with Gasteiger partial charge < -0.3 is 0 Å². The van der Waals surface area contributed by atoms with Crippen molar-refractivity contribution in [2.75, 3.05) is 4.90 Å². The lowest BCUT2D eigenvalue weighted by Gasteiger charge is -2.18. The van der Waals surface area contributed by atoms with Crippen LogP contribution in [0.1, 0.15) is 23.6 Å². The predicted molar refractivity (Wildman–Crippen MR) is 96.2 cm³/mol. The first-order valence-corrected chi connectivity index (χ1v) is 8.46. The largest absolute Gasteiger partial charge is 0.274 e. The third-order valence-electron chi connectivity index (χ3n) is 4.81. The number of carbonyl (C=O) groups is 2. The molecule has 2 aromatic rings. The van der Waals surface area contributed by atoms with E-state index in [2.05, 4.69) is 0 Å². The lowest BCUT2D eigenvalue weighted by atomic mass is 9.90. The topological polar surface area (TPSA) is 37.4 Å². The van der Waals surface area contributed by atoms with Crippen molar-refractivity contribution >= 4 is 29.1 Å². The van der Waals surface area contributed by atoms with Crippen LogP contribution in [-0.2, 0) is 16.0 Å². The van der Waals surface area contributed by atoms with E-state index in [4.69, 9.17) is 11.6 Å². The van der Waals surface area contributed by atoms with Gasteiger partial charge in [-0.05, 0) is 43.5 Å². The van der Waals surface area contributed by atoms with Crippen molar-refractivity contribution in [3.8, 4) is 0 Å². The number of aryl methyl sites for hydroxylation is 1. The minimum atomic E-state index is -0.336. The highest BCUT2D eigenvalue weighted by atomic mass is 35.5. The first kappa shape index (κ1) is 16.7. The summed E-state index contributed by atoms with van der Waals surface area (Å²) < 4.78 is 0. The third kappa shape index (κ3) is 2.84. The molecule has 0 spiro atoms. The lowest BCUT2D eigenvalue weighted by molar-refractivity contribution is -0.122. The van der Waals surface area contributed by atoms with Crippen LogP contribution in [0.15, 0.2) is 42.5 Å². The summed E-state index contributed by atoms with van der Waals surface area (Å²) in [5, 5.41) is 0.558. The molecule has 0 unspecified atom stereocenters. The number of benzene rings is 2. The molecule has 0 aliphatic carbocycles. The summed E-state index contributed by atoms with van der Waals surface area (Å²) in [4.78, 5) is 26.9. The van der Waals surface area contributed by atoms with Gasteiger partial charge in [0.05, 0.1) is 11.6 Å². The van der Waals surface area contributed by atoms with Crippen LogP contribution >= 0.6 is 11.6 Å². The molecule has 2 aromatic carbocycles. The molecular formula is C20H20ClNO2. The molecular weight excluding hydrogens is 322 g/mol. The second-order valence-electron chi connectivity index (χ2n) is 6.48. The van der Waals surface area contributed by atoms with Crippen molar-refractivity contribution in [3.63, 3.8) is 0 Å². The van der Waals surface area contributed by atoms with E-state index >= 15 is 0 Å². The number of nitrogens with zero attached hydrogens (tertiary/aromatic N) is 1. The van der Waals surface area contributed by atoms with Crippen LogP contribution in [0.5, 0.6) is 0 Å². The van der Waals surface area contributed by atoms with Crippen LogP contribution in [0.2, 0.25) is 5.02 Å². The average molecular weight is 342 g/mol. The Balaban J connectivity index is 1.92. The van der Waals surface area contributed by atoms with Gasteiger partial charge in [-0.2, -0.15) is 0 Å². The highest BCUT2D eigenvalue weighted by Gasteiger charge is 2.46. The molecule has 3 nitrogen and oxygen atoms in total. The minimum Gasteiger partial charge on any atom is -0.274 e. The minimum absolute atomic E-state index is 0.140. The second kappa shape index (κ2) is 6.40. The van der Waals surface area contributed by atoms with Gasteiger partial charge in [0.15, 0.2) is 0 Å². The molecule has 0 radical (unpaired) electrons. The molecule has 24 heavy (non-hydrogen) atoms. The van der Waals surface area contributed by atoms with Gasteiger partial charge in [0.25, 0.3) is 0 Å². The van der Waals surface area contributed by atoms with Crippen molar-refractivity contribution in [2.45, 2.75) is 27.2 Å². The second-order valence-corrected chi connectivity index (χ2v) is 6.89. The number of halogens is 1. The number of hydrogen-bond acceptors (Lipinski definition) is 2. The lowest BCUT2D eigenvalue weighted by Crippen LogP contribution is -2.31. The molecule has 0 aromatic heterocycles. The molecule has 1 heterocycles. The highest BCUT2D eigenvalue weighted by Crippen LogP contribution is 2.36. The van der Waals surface area contributed by atoms with Gasteiger partial charge in [-0.25, -0.2) is 4.90 Å². The maximum Gasteiger partial charge on any atom is 0.238 e. The van der Waals surface area contributed by atoms with Crippen molar-refractivity contribution in [3.05, 3.63) is 64.2 Å². The monoisotopic (exact) mass is 341 g/mol. The summed E-state index contributed by atoms with van der Waals surface area (Å²) in [6, 6.07) is 13.4. The molecule has 1 fully saturated rings. The van der Waals surface area contributed by atoms with Gasteiger partial charge in [-0.15, -0.1) is 0 Å². The van der Waals surface area contributed by atoms with Crippen molar-refractivity contribution in [1.29, 1.82) is 0 Å². The number of hydrogen-bond donors (Lipinski definition) is 0. The van der Waals surface area contributed by atoms with Crippen molar-refractivity contribution in [2.24, 2.45) is 11.8 Å². The third-order valence-corrected chi connectivity index (χ3v) is 5.22. The summed E-state index contributed by atoms with van der Waals surface area (Å²) in [5.74, 6) is -0.961. The fourth-order valence-corrected chi connectivity index (χ4v) is 3.35. The molecule has 2 atom stereocenters. The summed E-state index contributed by atoms with van der Waals surface area (Å²) >= 11 is 6.16. The summed E-state index contributed by atoms with van der Waals surface area (Å²) in [6.07, 6.45) is 0.572. The average Bonchev–Trinajstić information content (AvgIpc) is 2.76. The maximum atomic E-state index is 12.9. The standard InChI is InChI=1S/C20H20ClNO2/c1-12-7-9-15(10-8-12)11-16-13(2)19(23)22(20(16)24)18-6-4-5-17(21)14(18)3/h4-10,13,16H,11H2,1-3H3/t13-,16+/m1/s1. The Kier molecular flexibility index (Phi) is 4.46. The Morgan fingerprint density at radius 3 is 2.33 bits per heavy atom. The zero-order chi connectivity index (χ0) is 17.4. The van der Waals surface area contributed by atoms with E-state index in [0.29, 0.717) is 17.1 Å². The van der Waals surface area contributed by atoms with E-state index in [1.54, 1.807) is 18.2 Å². The van der Waals surface area contributed by atoms with Gasteiger partial charge >= 0.3 is 0 Å². The summed E-state index contributed by atoms with van der Waals surface area (Å²) in [6.45, 7) is 5.69. The van der Waals surface area contributed by atoms with E-state index in [-0.39, 0.29) is 23.7 Å². The molecule has 4 heteroatoms. The van der Waals surface area contributed by atoms with E-state index in [9.17, 15) is 9.59 Å². The van der Waals surface area contributed by atoms with Gasteiger partial charge in [-0.1, -0.05) is 54.4 Å². The Labute approximate surface area is 147 Å². The summed E-state index contributed by atoms with van der Waals surface area (Å²) in [7, 11) is 0. The molecule has 0 bridgehead atoms. The Bertz CT molecular complexity index is 798.